The third-order valence-electron chi connectivity index (χ3n) is 4.89. The maximum absolute atomic E-state index is 6.17. The first-order valence-electron chi connectivity index (χ1n) is 9.44. The number of hydrogen-bond donors (Lipinski definition) is 0. The lowest BCUT2D eigenvalue weighted by atomic mass is 10.1. The molecule has 150 valence electrons. The van der Waals surface area contributed by atoms with Gasteiger partial charge in [0.2, 0.25) is 6.79 Å². The van der Waals surface area contributed by atoms with Crippen LogP contribution in [-0.2, 0) is 0 Å². The Morgan fingerprint density at radius 3 is 2.37 bits per heavy atom. The molecule has 0 fully saturated rings. The van der Waals surface area contributed by atoms with Gasteiger partial charge in [0, 0.05) is 35.2 Å². The lowest BCUT2D eigenvalue weighted by molar-refractivity contribution is 0.174. The summed E-state index contributed by atoms with van der Waals surface area (Å²) in [6.07, 6.45) is 0. The Labute approximate surface area is 172 Å². The minimum atomic E-state index is 0.228. The third kappa shape index (κ3) is 3.33. The SMILES string of the molecule is COc1cc(N=c2cc(-c3ccc4c(c3)OCO4)oc3ccccc23)cc(OC)c1. The number of benzene rings is 3. The molecule has 0 unspecified atom stereocenters. The van der Waals surface area contributed by atoms with Crippen LogP contribution < -0.4 is 24.3 Å². The van der Waals surface area contributed by atoms with E-state index in [4.69, 9.17) is 28.4 Å². The summed E-state index contributed by atoms with van der Waals surface area (Å²) in [6.45, 7) is 0.228. The molecule has 1 aromatic heterocycles. The van der Waals surface area contributed by atoms with Gasteiger partial charge in [-0.15, -0.1) is 0 Å². The number of methoxy groups -OCH3 is 2. The summed E-state index contributed by atoms with van der Waals surface area (Å²) in [6, 6.07) is 21.0. The zero-order valence-corrected chi connectivity index (χ0v) is 16.5. The van der Waals surface area contributed by atoms with Crippen LogP contribution >= 0.6 is 0 Å². The number of rotatable bonds is 4. The maximum Gasteiger partial charge on any atom is 0.231 e. The van der Waals surface area contributed by atoms with E-state index in [2.05, 4.69) is 0 Å². The molecule has 1 aliphatic rings. The summed E-state index contributed by atoms with van der Waals surface area (Å²) in [4.78, 5) is 4.87. The predicted octanol–water partition coefficient (Wildman–Crippen LogP) is 5.08. The number of para-hydroxylation sites is 1. The molecule has 0 amide bonds. The predicted molar refractivity (Wildman–Crippen MR) is 113 cm³/mol. The van der Waals surface area contributed by atoms with Crippen LogP contribution in [0.3, 0.4) is 0 Å². The summed E-state index contributed by atoms with van der Waals surface area (Å²) < 4.78 is 27.8. The van der Waals surface area contributed by atoms with Gasteiger partial charge in [-0.25, -0.2) is 4.99 Å². The molecule has 6 heteroatoms. The van der Waals surface area contributed by atoms with Crippen molar-refractivity contribution in [3.05, 3.63) is 72.1 Å². The highest BCUT2D eigenvalue weighted by molar-refractivity contribution is 5.79. The maximum atomic E-state index is 6.17. The molecule has 0 radical (unpaired) electrons. The van der Waals surface area contributed by atoms with Crippen LogP contribution in [0.15, 0.2) is 76.1 Å². The molecule has 0 saturated heterocycles. The summed E-state index contributed by atoms with van der Waals surface area (Å²) in [5.74, 6) is 3.46. The molecule has 0 atom stereocenters. The van der Waals surface area contributed by atoms with Gasteiger partial charge in [-0.1, -0.05) is 12.1 Å². The van der Waals surface area contributed by atoms with Gasteiger partial charge in [-0.3, -0.25) is 0 Å². The minimum Gasteiger partial charge on any atom is -0.497 e. The van der Waals surface area contributed by atoms with Gasteiger partial charge in [0.1, 0.15) is 22.8 Å². The summed E-state index contributed by atoms with van der Waals surface area (Å²) >= 11 is 0. The van der Waals surface area contributed by atoms with Gasteiger partial charge in [-0.2, -0.15) is 0 Å². The Morgan fingerprint density at radius 1 is 0.800 bits per heavy atom. The van der Waals surface area contributed by atoms with Crippen LogP contribution in [0.4, 0.5) is 5.69 Å². The van der Waals surface area contributed by atoms with E-state index in [1.165, 1.54) is 0 Å². The van der Waals surface area contributed by atoms with Crippen molar-refractivity contribution in [3.63, 3.8) is 0 Å². The Bertz CT molecular complexity index is 1290. The number of fused-ring (bicyclic) bond motifs is 2. The number of ether oxygens (including phenoxy) is 4. The van der Waals surface area contributed by atoms with E-state index in [1.54, 1.807) is 14.2 Å². The van der Waals surface area contributed by atoms with Crippen molar-refractivity contribution < 1.29 is 23.4 Å². The van der Waals surface area contributed by atoms with Gasteiger partial charge in [0.05, 0.1) is 25.3 Å². The number of nitrogens with zero attached hydrogens (tertiary/aromatic N) is 1. The quantitative estimate of drug-likeness (QED) is 0.477. The third-order valence-corrected chi connectivity index (χ3v) is 4.89. The second-order valence-electron chi connectivity index (χ2n) is 6.74. The fourth-order valence-electron chi connectivity index (χ4n) is 3.40. The smallest absolute Gasteiger partial charge is 0.231 e. The Morgan fingerprint density at radius 2 is 1.57 bits per heavy atom. The molecule has 6 nitrogen and oxygen atoms in total. The normalized spacial score (nSPS) is 12.9. The highest BCUT2D eigenvalue weighted by atomic mass is 16.7. The van der Waals surface area contributed by atoms with Crippen molar-refractivity contribution in [3.8, 4) is 34.3 Å². The van der Waals surface area contributed by atoms with E-state index in [9.17, 15) is 0 Å². The van der Waals surface area contributed by atoms with E-state index in [1.807, 2.05) is 66.7 Å². The van der Waals surface area contributed by atoms with Crippen molar-refractivity contribution in [2.45, 2.75) is 0 Å². The summed E-state index contributed by atoms with van der Waals surface area (Å²) in [5, 5.41) is 1.68. The molecule has 30 heavy (non-hydrogen) atoms. The van der Waals surface area contributed by atoms with E-state index in [0.717, 1.165) is 33.3 Å². The first kappa shape index (κ1) is 18.1. The molecular formula is C24H19NO5. The lowest BCUT2D eigenvalue weighted by Crippen LogP contribution is -2.03. The van der Waals surface area contributed by atoms with Crippen molar-refractivity contribution in [1.29, 1.82) is 0 Å². The number of hydrogen-bond acceptors (Lipinski definition) is 6. The van der Waals surface area contributed by atoms with E-state index in [-0.39, 0.29) is 6.79 Å². The van der Waals surface area contributed by atoms with E-state index in [0.29, 0.717) is 23.0 Å². The van der Waals surface area contributed by atoms with Crippen molar-refractivity contribution in [2.24, 2.45) is 4.99 Å². The summed E-state index contributed by atoms with van der Waals surface area (Å²) in [5.41, 5.74) is 2.34. The average Bonchev–Trinajstić information content (AvgIpc) is 3.26. The molecule has 0 saturated carbocycles. The van der Waals surface area contributed by atoms with Gasteiger partial charge in [0.15, 0.2) is 11.5 Å². The van der Waals surface area contributed by atoms with E-state index >= 15 is 0 Å². The van der Waals surface area contributed by atoms with E-state index < -0.39 is 0 Å². The molecule has 4 aromatic rings. The average molecular weight is 401 g/mol. The zero-order chi connectivity index (χ0) is 20.5. The molecule has 0 spiro atoms. The minimum absolute atomic E-state index is 0.228. The molecule has 3 aromatic carbocycles. The van der Waals surface area contributed by atoms with Crippen LogP contribution in [0.2, 0.25) is 0 Å². The standard InChI is InChI=1S/C24H19NO5/c1-26-17-10-16(11-18(12-17)27-2)25-20-13-23(30-21-6-4-3-5-19(20)21)15-7-8-22-24(9-15)29-14-28-22/h3-13H,14H2,1-2H3. The second-order valence-corrected chi connectivity index (χ2v) is 6.74. The van der Waals surface area contributed by atoms with Gasteiger partial charge >= 0.3 is 0 Å². The van der Waals surface area contributed by atoms with Crippen molar-refractivity contribution in [1.82, 2.24) is 0 Å². The van der Waals surface area contributed by atoms with Crippen LogP contribution in [0.5, 0.6) is 23.0 Å². The van der Waals surface area contributed by atoms with Crippen LogP contribution in [0, 0.1) is 0 Å². The van der Waals surface area contributed by atoms with Crippen LogP contribution in [-0.4, -0.2) is 21.0 Å². The molecule has 5 rings (SSSR count). The molecular weight excluding hydrogens is 382 g/mol. The lowest BCUT2D eigenvalue weighted by Gasteiger charge is -2.07. The highest BCUT2D eigenvalue weighted by Crippen LogP contribution is 2.36. The highest BCUT2D eigenvalue weighted by Gasteiger charge is 2.15. The molecule has 2 heterocycles. The fourth-order valence-corrected chi connectivity index (χ4v) is 3.40. The van der Waals surface area contributed by atoms with Crippen LogP contribution in [0.25, 0.3) is 22.3 Å². The Balaban J connectivity index is 1.71. The topological polar surface area (TPSA) is 62.4 Å². The van der Waals surface area contributed by atoms with Gasteiger partial charge < -0.3 is 23.4 Å². The van der Waals surface area contributed by atoms with Crippen LogP contribution in [0.1, 0.15) is 0 Å². The first-order chi connectivity index (χ1) is 14.7. The molecule has 0 aliphatic carbocycles. The fraction of sp³-hybridized carbons (Fsp3) is 0.125. The molecule has 0 N–H and O–H groups in total. The van der Waals surface area contributed by atoms with Gasteiger partial charge in [0.25, 0.3) is 0 Å². The van der Waals surface area contributed by atoms with Crippen molar-refractivity contribution in [2.75, 3.05) is 21.0 Å². The molecule has 1 aliphatic heterocycles. The zero-order valence-electron chi connectivity index (χ0n) is 16.5. The second kappa shape index (κ2) is 7.48. The van der Waals surface area contributed by atoms with Gasteiger partial charge in [-0.05, 0) is 30.3 Å². The largest absolute Gasteiger partial charge is 0.497 e. The van der Waals surface area contributed by atoms with Crippen molar-refractivity contribution >= 4 is 16.7 Å². The first-order valence-corrected chi connectivity index (χ1v) is 9.44. The molecule has 0 bridgehead atoms. The monoisotopic (exact) mass is 401 g/mol. The Kier molecular flexibility index (Phi) is 4.52. The Hall–Kier alpha value is -3.93. The summed E-state index contributed by atoms with van der Waals surface area (Å²) in [7, 11) is 3.24.